The van der Waals surface area contributed by atoms with Crippen LogP contribution in [0.2, 0.25) is 0 Å². The van der Waals surface area contributed by atoms with Gasteiger partial charge < -0.3 is 20.6 Å². The van der Waals surface area contributed by atoms with E-state index in [1.165, 1.54) is 6.42 Å². The maximum Gasteiger partial charge on any atom is 0.169 e. The fraction of sp³-hybridized carbons (Fsp3) is 0.414. The molecule has 0 saturated carbocycles. The standard InChI is InChI=1S/C29H35N7O/c1-20-11-14-34(27-19-26(32-33-29(27)30)25-8-4-5-9-28(25)37)15-16-36(20)24-10-12-31-23(18-24)7-6-13-35-21(2)17-22(35)3/h4-5,8-10,12,18-22,37H,11,13-17H2,1-3H3,(H2,30,33)/t20-,21-,22-/m0/s1. The molecule has 0 amide bonds. The van der Waals surface area contributed by atoms with Gasteiger partial charge in [-0.2, -0.15) is 0 Å². The molecular weight excluding hydrogens is 462 g/mol. The van der Waals surface area contributed by atoms with Gasteiger partial charge in [-0.1, -0.05) is 18.1 Å². The third-order valence-corrected chi connectivity index (χ3v) is 7.65. The Labute approximate surface area is 219 Å². The quantitative estimate of drug-likeness (QED) is 0.526. The molecule has 4 heterocycles. The summed E-state index contributed by atoms with van der Waals surface area (Å²) in [5, 5.41) is 18.7. The number of para-hydroxylation sites is 1. The highest BCUT2D eigenvalue weighted by Gasteiger charge is 2.30. The number of hydrogen-bond acceptors (Lipinski definition) is 8. The minimum absolute atomic E-state index is 0.175. The first-order valence-electron chi connectivity index (χ1n) is 13.0. The number of rotatable bonds is 4. The molecule has 3 aromatic rings. The Kier molecular flexibility index (Phi) is 7.15. The second-order valence-electron chi connectivity index (χ2n) is 10.1. The normalized spacial score (nSPS) is 22.1. The molecule has 8 heteroatoms. The van der Waals surface area contributed by atoms with Gasteiger partial charge in [0.1, 0.15) is 11.4 Å². The van der Waals surface area contributed by atoms with E-state index in [1.807, 2.05) is 24.4 Å². The number of nitrogens with zero attached hydrogens (tertiary/aromatic N) is 6. The number of likely N-dealkylation sites (tertiary alicyclic amines) is 1. The summed E-state index contributed by atoms with van der Waals surface area (Å²) in [5.74, 6) is 7.16. The van der Waals surface area contributed by atoms with E-state index in [1.54, 1.807) is 12.1 Å². The van der Waals surface area contributed by atoms with Crippen molar-refractivity contribution in [2.75, 3.05) is 41.7 Å². The molecule has 2 aliphatic heterocycles. The fourth-order valence-corrected chi connectivity index (χ4v) is 5.41. The van der Waals surface area contributed by atoms with Crippen molar-refractivity contribution in [3.8, 4) is 28.8 Å². The number of pyridine rings is 1. The lowest BCUT2D eigenvalue weighted by Crippen LogP contribution is -2.52. The minimum Gasteiger partial charge on any atom is -0.507 e. The van der Waals surface area contributed by atoms with Crippen LogP contribution in [-0.2, 0) is 0 Å². The number of hydrogen-bond donors (Lipinski definition) is 2. The summed E-state index contributed by atoms with van der Waals surface area (Å²) in [5.41, 5.74) is 10.3. The van der Waals surface area contributed by atoms with E-state index >= 15 is 0 Å². The average molecular weight is 498 g/mol. The minimum atomic E-state index is 0.175. The molecule has 0 aliphatic carbocycles. The molecular formula is C29H35N7O. The Morgan fingerprint density at radius 3 is 2.59 bits per heavy atom. The van der Waals surface area contributed by atoms with Crippen LogP contribution in [0, 0.1) is 11.8 Å². The zero-order valence-corrected chi connectivity index (χ0v) is 21.8. The first kappa shape index (κ1) is 24.8. The summed E-state index contributed by atoms with van der Waals surface area (Å²) in [6, 6.07) is 14.8. The predicted octanol–water partition coefficient (Wildman–Crippen LogP) is 3.77. The molecule has 192 valence electrons. The monoisotopic (exact) mass is 497 g/mol. The maximum absolute atomic E-state index is 10.3. The Morgan fingerprint density at radius 2 is 1.81 bits per heavy atom. The van der Waals surface area contributed by atoms with Gasteiger partial charge >= 0.3 is 0 Å². The van der Waals surface area contributed by atoms with Crippen LogP contribution in [0.1, 0.15) is 39.3 Å². The van der Waals surface area contributed by atoms with Crippen molar-refractivity contribution in [3.63, 3.8) is 0 Å². The van der Waals surface area contributed by atoms with E-state index in [4.69, 9.17) is 5.73 Å². The summed E-state index contributed by atoms with van der Waals surface area (Å²) in [7, 11) is 0. The number of phenols is 1. The Hall–Kier alpha value is -3.83. The van der Waals surface area contributed by atoms with Gasteiger partial charge in [0.05, 0.1) is 17.9 Å². The van der Waals surface area contributed by atoms with Crippen LogP contribution in [0.25, 0.3) is 11.3 Å². The van der Waals surface area contributed by atoms with Gasteiger partial charge in [0.15, 0.2) is 5.82 Å². The van der Waals surface area contributed by atoms with Crippen LogP contribution in [0.5, 0.6) is 5.75 Å². The molecule has 2 saturated heterocycles. The second kappa shape index (κ2) is 10.7. The van der Waals surface area contributed by atoms with Gasteiger partial charge in [-0.15, -0.1) is 10.2 Å². The molecule has 2 fully saturated rings. The van der Waals surface area contributed by atoms with Gasteiger partial charge in [0.25, 0.3) is 0 Å². The van der Waals surface area contributed by atoms with Gasteiger partial charge in [0, 0.05) is 55.2 Å². The molecule has 0 bridgehead atoms. The second-order valence-corrected chi connectivity index (χ2v) is 10.1. The Morgan fingerprint density at radius 1 is 1.00 bits per heavy atom. The first-order valence-corrected chi connectivity index (χ1v) is 13.0. The number of phenolic OH excluding ortho intramolecular Hbond substituents is 1. The summed E-state index contributed by atoms with van der Waals surface area (Å²) >= 11 is 0. The summed E-state index contributed by atoms with van der Waals surface area (Å²) < 4.78 is 0. The molecule has 1 aromatic carbocycles. The Bertz CT molecular complexity index is 1310. The van der Waals surface area contributed by atoms with Crippen LogP contribution in [0.15, 0.2) is 48.7 Å². The van der Waals surface area contributed by atoms with E-state index in [-0.39, 0.29) is 5.75 Å². The number of nitrogen functional groups attached to an aromatic ring is 1. The molecule has 2 aromatic heterocycles. The third-order valence-electron chi connectivity index (χ3n) is 7.65. The zero-order chi connectivity index (χ0) is 25.9. The van der Waals surface area contributed by atoms with Crippen LogP contribution >= 0.6 is 0 Å². The fourth-order valence-electron chi connectivity index (χ4n) is 5.41. The lowest BCUT2D eigenvalue weighted by atomic mass is 9.96. The molecule has 2 aliphatic rings. The molecule has 3 atom stereocenters. The van der Waals surface area contributed by atoms with Gasteiger partial charge in [-0.05, 0) is 69.9 Å². The van der Waals surface area contributed by atoms with Crippen LogP contribution in [-0.4, -0.2) is 69.5 Å². The van der Waals surface area contributed by atoms with Gasteiger partial charge in [-0.25, -0.2) is 4.98 Å². The van der Waals surface area contributed by atoms with Crippen molar-refractivity contribution in [3.05, 3.63) is 54.4 Å². The predicted molar refractivity (Wildman–Crippen MR) is 149 cm³/mol. The van der Waals surface area contributed by atoms with E-state index in [9.17, 15) is 5.11 Å². The number of benzene rings is 1. The van der Waals surface area contributed by atoms with Crippen LogP contribution < -0.4 is 15.5 Å². The summed E-state index contributed by atoms with van der Waals surface area (Å²) in [6.45, 7) is 10.0. The van der Waals surface area contributed by atoms with Crippen LogP contribution in [0.4, 0.5) is 17.2 Å². The highest BCUT2D eigenvalue weighted by atomic mass is 16.3. The van der Waals surface area contributed by atoms with E-state index < -0.39 is 0 Å². The lowest BCUT2D eigenvalue weighted by Gasteiger charge is -2.44. The van der Waals surface area contributed by atoms with Gasteiger partial charge in [-0.3, -0.25) is 4.90 Å². The number of aromatic hydroxyl groups is 1. The number of aromatic nitrogens is 3. The van der Waals surface area contributed by atoms with Crippen molar-refractivity contribution in [2.45, 2.75) is 51.7 Å². The summed E-state index contributed by atoms with van der Waals surface area (Å²) in [6.07, 6.45) is 4.06. The molecule has 37 heavy (non-hydrogen) atoms. The highest BCUT2D eigenvalue weighted by Crippen LogP contribution is 2.32. The third kappa shape index (κ3) is 5.32. The van der Waals surface area contributed by atoms with Crippen molar-refractivity contribution in [2.24, 2.45) is 0 Å². The van der Waals surface area contributed by atoms with Crippen molar-refractivity contribution >= 4 is 17.2 Å². The maximum atomic E-state index is 10.3. The molecule has 8 nitrogen and oxygen atoms in total. The van der Waals surface area contributed by atoms with Crippen molar-refractivity contribution in [1.29, 1.82) is 0 Å². The Balaban J connectivity index is 1.31. The molecule has 0 spiro atoms. The molecule has 0 radical (unpaired) electrons. The van der Waals surface area contributed by atoms with Crippen molar-refractivity contribution < 1.29 is 5.11 Å². The van der Waals surface area contributed by atoms with Gasteiger partial charge in [0.2, 0.25) is 0 Å². The molecule has 5 rings (SSSR count). The van der Waals surface area contributed by atoms with Crippen LogP contribution in [0.3, 0.4) is 0 Å². The summed E-state index contributed by atoms with van der Waals surface area (Å²) in [4.78, 5) is 11.6. The van der Waals surface area contributed by atoms with E-state index in [2.05, 4.69) is 74.6 Å². The molecule has 0 unspecified atom stereocenters. The number of nitrogens with two attached hydrogens (primary N) is 1. The topological polar surface area (TPSA) is 94.6 Å². The average Bonchev–Trinajstić information content (AvgIpc) is 3.09. The van der Waals surface area contributed by atoms with E-state index in [0.29, 0.717) is 35.2 Å². The van der Waals surface area contributed by atoms with Crippen molar-refractivity contribution in [1.82, 2.24) is 20.1 Å². The highest BCUT2D eigenvalue weighted by molar-refractivity contribution is 5.74. The smallest absolute Gasteiger partial charge is 0.169 e. The largest absolute Gasteiger partial charge is 0.507 e. The lowest BCUT2D eigenvalue weighted by molar-refractivity contribution is 0.0540. The SMILES string of the molecule is C[C@H]1CCN(c2cc(-c3ccccc3O)nnc2N)CCN1c1ccnc(C#CCN2[C@@H](C)C[C@@H]2C)c1. The first-order chi connectivity index (χ1) is 17.9. The zero-order valence-electron chi connectivity index (χ0n) is 21.8. The van der Waals surface area contributed by atoms with E-state index in [0.717, 1.165) is 49.7 Å². The number of anilines is 3. The molecule has 3 N–H and O–H groups in total.